The van der Waals surface area contributed by atoms with Gasteiger partial charge in [-0.2, -0.15) is 0 Å². The smallest absolute Gasteiger partial charge is 0.407 e. The van der Waals surface area contributed by atoms with E-state index in [1.807, 2.05) is 20.8 Å². The minimum absolute atomic E-state index is 0.0207. The number of benzene rings is 1. The van der Waals surface area contributed by atoms with E-state index in [9.17, 15) is 9.90 Å². The molecular formula is C18H29NO3. The number of alkyl carbamates (subject to hydrolysis) is 1. The molecule has 1 amide bonds. The standard InChI is InChI=1S/C18H29NO3/c1-12-7-13(2)16(14(3)8-12)9-15(11-20)10-19-17(21)22-18(4,5)6/h7-8,15,20H,9-11H2,1-6H3,(H,19,21). The van der Waals surface area contributed by atoms with Gasteiger partial charge in [-0.1, -0.05) is 17.7 Å². The largest absolute Gasteiger partial charge is 0.444 e. The van der Waals surface area contributed by atoms with Crippen LogP contribution in [0.2, 0.25) is 0 Å². The van der Waals surface area contributed by atoms with Gasteiger partial charge in [-0.05, 0) is 64.7 Å². The van der Waals surface area contributed by atoms with Crippen LogP contribution in [0, 0.1) is 26.7 Å². The zero-order chi connectivity index (χ0) is 16.9. The first-order valence-corrected chi connectivity index (χ1v) is 7.77. The molecule has 0 aliphatic rings. The monoisotopic (exact) mass is 307 g/mol. The number of aliphatic hydroxyl groups excluding tert-OH is 1. The SMILES string of the molecule is Cc1cc(C)c(CC(CO)CNC(=O)OC(C)(C)C)c(C)c1. The van der Waals surface area contributed by atoms with E-state index in [-0.39, 0.29) is 12.5 Å². The Morgan fingerprint density at radius 2 is 1.77 bits per heavy atom. The van der Waals surface area contributed by atoms with Crippen molar-refractivity contribution in [1.29, 1.82) is 0 Å². The maximum absolute atomic E-state index is 11.7. The summed E-state index contributed by atoms with van der Waals surface area (Å²) < 4.78 is 5.21. The van der Waals surface area contributed by atoms with Gasteiger partial charge in [0.25, 0.3) is 0 Å². The third kappa shape index (κ3) is 6.06. The number of carbonyl (C=O) groups excluding carboxylic acids is 1. The van der Waals surface area contributed by atoms with Crippen LogP contribution in [0.1, 0.15) is 43.0 Å². The summed E-state index contributed by atoms with van der Waals surface area (Å²) in [5, 5.41) is 12.3. The molecule has 0 saturated carbocycles. The topological polar surface area (TPSA) is 58.6 Å². The molecule has 0 bridgehead atoms. The van der Waals surface area contributed by atoms with Gasteiger partial charge in [0.05, 0.1) is 0 Å². The van der Waals surface area contributed by atoms with Gasteiger partial charge >= 0.3 is 6.09 Å². The van der Waals surface area contributed by atoms with E-state index in [1.165, 1.54) is 22.3 Å². The van der Waals surface area contributed by atoms with Crippen molar-refractivity contribution in [2.75, 3.05) is 13.2 Å². The fourth-order valence-electron chi connectivity index (χ4n) is 2.56. The molecular weight excluding hydrogens is 278 g/mol. The molecule has 0 spiro atoms. The van der Waals surface area contributed by atoms with E-state index in [2.05, 4.69) is 38.2 Å². The Labute approximate surface area is 133 Å². The van der Waals surface area contributed by atoms with Gasteiger partial charge < -0.3 is 15.2 Å². The third-order valence-electron chi connectivity index (χ3n) is 3.53. The molecule has 1 unspecified atom stereocenters. The van der Waals surface area contributed by atoms with Gasteiger partial charge in [-0.25, -0.2) is 4.79 Å². The fourth-order valence-corrected chi connectivity index (χ4v) is 2.56. The second kappa shape index (κ2) is 7.63. The quantitative estimate of drug-likeness (QED) is 0.877. The Kier molecular flexibility index (Phi) is 6.42. The van der Waals surface area contributed by atoms with Crippen molar-refractivity contribution in [2.24, 2.45) is 5.92 Å². The van der Waals surface area contributed by atoms with E-state index in [1.54, 1.807) is 0 Å². The molecule has 22 heavy (non-hydrogen) atoms. The molecule has 1 rings (SSSR count). The van der Waals surface area contributed by atoms with Crippen molar-refractivity contribution < 1.29 is 14.6 Å². The molecule has 0 aliphatic carbocycles. The van der Waals surface area contributed by atoms with Crippen LogP contribution in [0.25, 0.3) is 0 Å². The zero-order valence-electron chi connectivity index (χ0n) is 14.6. The van der Waals surface area contributed by atoms with E-state index in [0.717, 1.165) is 6.42 Å². The summed E-state index contributed by atoms with van der Waals surface area (Å²) in [6, 6.07) is 4.30. The molecule has 1 aromatic rings. The third-order valence-corrected chi connectivity index (χ3v) is 3.53. The first kappa shape index (κ1) is 18.5. The number of rotatable bonds is 5. The van der Waals surface area contributed by atoms with Crippen molar-refractivity contribution in [1.82, 2.24) is 5.32 Å². The highest BCUT2D eigenvalue weighted by atomic mass is 16.6. The number of hydrogen-bond acceptors (Lipinski definition) is 3. The molecule has 1 aromatic carbocycles. The first-order valence-electron chi connectivity index (χ1n) is 7.77. The molecule has 124 valence electrons. The van der Waals surface area contributed by atoms with Gasteiger partial charge in [-0.15, -0.1) is 0 Å². The van der Waals surface area contributed by atoms with Gasteiger partial charge in [0, 0.05) is 19.1 Å². The molecule has 0 saturated heterocycles. The van der Waals surface area contributed by atoms with Crippen LogP contribution in [-0.4, -0.2) is 30.0 Å². The molecule has 0 fully saturated rings. The number of hydrogen-bond donors (Lipinski definition) is 2. The lowest BCUT2D eigenvalue weighted by Gasteiger charge is -2.22. The average Bonchev–Trinajstić information content (AvgIpc) is 2.34. The van der Waals surface area contributed by atoms with E-state index in [0.29, 0.717) is 6.54 Å². The number of nitrogens with one attached hydrogen (secondary N) is 1. The van der Waals surface area contributed by atoms with Crippen LogP contribution in [-0.2, 0) is 11.2 Å². The van der Waals surface area contributed by atoms with Crippen LogP contribution < -0.4 is 5.32 Å². The highest BCUT2D eigenvalue weighted by Crippen LogP contribution is 2.20. The minimum Gasteiger partial charge on any atom is -0.444 e. The van der Waals surface area contributed by atoms with Gasteiger partial charge in [-0.3, -0.25) is 0 Å². The van der Waals surface area contributed by atoms with Crippen LogP contribution in [0.3, 0.4) is 0 Å². The lowest BCUT2D eigenvalue weighted by molar-refractivity contribution is 0.0512. The maximum Gasteiger partial charge on any atom is 0.407 e. The summed E-state index contributed by atoms with van der Waals surface area (Å²) in [4.78, 5) is 11.7. The molecule has 1 atom stereocenters. The van der Waals surface area contributed by atoms with Crippen molar-refractivity contribution in [3.8, 4) is 0 Å². The highest BCUT2D eigenvalue weighted by Gasteiger charge is 2.18. The molecule has 0 aromatic heterocycles. The van der Waals surface area contributed by atoms with Crippen molar-refractivity contribution >= 4 is 6.09 Å². The zero-order valence-corrected chi connectivity index (χ0v) is 14.6. The van der Waals surface area contributed by atoms with Crippen LogP contribution >= 0.6 is 0 Å². The molecule has 4 heteroatoms. The molecule has 0 heterocycles. The summed E-state index contributed by atoms with van der Waals surface area (Å²) in [5.41, 5.74) is 4.44. The number of amides is 1. The Balaban J connectivity index is 2.65. The molecule has 4 nitrogen and oxygen atoms in total. The summed E-state index contributed by atoms with van der Waals surface area (Å²) in [7, 11) is 0. The van der Waals surface area contributed by atoms with E-state index < -0.39 is 11.7 Å². The van der Waals surface area contributed by atoms with Crippen molar-refractivity contribution in [3.63, 3.8) is 0 Å². The van der Waals surface area contributed by atoms with Crippen LogP contribution in [0.15, 0.2) is 12.1 Å². The van der Waals surface area contributed by atoms with Gasteiger partial charge in [0.2, 0.25) is 0 Å². The Bertz CT molecular complexity index is 495. The first-order chi connectivity index (χ1) is 10.1. The van der Waals surface area contributed by atoms with Crippen molar-refractivity contribution in [3.05, 3.63) is 34.4 Å². The summed E-state index contributed by atoms with van der Waals surface area (Å²) in [6.07, 6.45) is 0.299. The second-order valence-electron chi connectivity index (χ2n) is 7.01. The normalized spacial score (nSPS) is 12.9. The lowest BCUT2D eigenvalue weighted by Crippen LogP contribution is -2.36. The summed E-state index contributed by atoms with van der Waals surface area (Å²) in [5.74, 6) is -0.0207. The lowest BCUT2D eigenvalue weighted by atomic mass is 9.91. The number of carbonyl (C=O) groups is 1. The Hall–Kier alpha value is -1.55. The van der Waals surface area contributed by atoms with Crippen LogP contribution in [0.5, 0.6) is 0 Å². The number of ether oxygens (including phenoxy) is 1. The van der Waals surface area contributed by atoms with Crippen LogP contribution in [0.4, 0.5) is 4.79 Å². The minimum atomic E-state index is -0.511. The molecule has 0 aliphatic heterocycles. The summed E-state index contributed by atoms with van der Waals surface area (Å²) >= 11 is 0. The Morgan fingerprint density at radius 1 is 1.23 bits per heavy atom. The van der Waals surface area contributed by atoms with Gasteiger partial charge in [0.15, 0.2) is 0 Å². The fraction of sp³-hybridized carbons (Fsp3) is 0.611. The highest BCUT2D eigenvalue weighted by molar-refractivity contribution is 5.67. The van der Waals surface area contributed by atoms with E-state index in [4.69, 9.17) is 4.74 Å². The van der Waals surface area contributed by atoms with E-state index >= 15 is 0 Å². The Morgan fingerprint density at radius 3 is 2.23 bits per heavy atom. The van der Waals surface area contributed by atoms with Crippen molar-refractivity contribution in [2.45, 2.75) is 53.6 Å². The predicted molar refractivity (Wildman–Crippen MR) is 89.2 cm³/mol. The second-order valence-corrected chi connectivity index (χ2v) is 7.01. The summed E-state index contributed by atoms with van der Waals surface area (Å²) in [6.45, 7) is 12.2. The molecule has 0 radical (unpaired) electrons. The number of aliphatic hydroxyl groups is 1. The average molecular weight is 307 g/mol. The van der Waals surface area contributed by atoms with Gasteiger partial charge in [0.1, 0.15) is 5.60 Å². The number of aryl methyl sites for hydroxylation is 3. The maximum atomic E-state index is 11.7. The molecule has 2 N–H and O–H groups in total. The predicted octanol–water partition coefficient (Wildman–Crippen LogP) is 3.29.